The molecule has 0 spiro atoms. The van der Waals surface area contributed by atoms with E-state index in [0.717, 1.165) is 18.7 Å². The number of carbonyl (C=O) groups excluding carboxylic acids is 1. The summed E-state index contributed by atoms with van der Waals surface area (Å²) in [6.07, 6.45) is 2.17. The molecule has 1 saturated carbocycles. The third-order valence-electron chi connectivity index (χ3n) is 2.43. The van der Waals surface area contributed by atoms with Crippen molar-refractivity contribution < 1.29 is 19.4 Å². The number of aromatic nitrogens is 3. The summed E-state index contributed by atoms with van der Waals surface area (Å²) in [4.78, 5) is 25.8. The lowest BCUT2D eigenvalue weighted by atomic mass is 10.4. The van der Waals surface area contributed by atoms with Gasteiger partial charge in [-0.05, 0) is 12.8 Å². The molecule has 0 aromatic carbocycles. The summed E-state index contributed by atoms with van der Waals surface area (Å²) in [6.45, 7) is -0.0142. The first kappa shape index (κ1) is 12.5. The Kier molecular flexibility index (Phi) is 3.88. The molecule has 8 nitrogen and oxygen atoms in total. The highest BCUT2D eigenvalue weighted by molar-refractivity contribution is 5.90. The molecule has 1 aliphatic rings. The number of amides is 1. The fourth-order valence-electron chi connectivity index (χ4n) is 1.39. The van der Waals surface area contributed by atoms with E-state index in [4.69, 9.17) is 9.84 Å². The van der Waals surface area contributed by atoms with Crippen molar-refractivity contribution in [2.75, 3.05) is 19.8 Å². The van der Waals surface area contributed by atoms with Crippen LogP contribution in [0.1, 0.15) is 35.2 Å². The lowest BCUT2D eigenvalue weighted by molar-refractivity contribution is -0.142. The van der Waals surface area contributed by atoms with Crippen molar-refractivity contribution in [2.45, 2.75) is 18.8 Å². The van der Waals surface area contributed by atoms with Crippen LogP contribution in [-0.4, -0.2) is 51.9 Å². The first-order chi connectivity index (χ1) is 8.66. The van der Waals surface area contributed by atoms with E-state index in [1.165, 1.54) is 0 Å². The van der Waals surface area contributed by atoms with E-state index >= 15 is 0 Å². The molecule has 0 radical (unpaired) electrons. The van der Waals surface area contributed by atoms with Gasteiger partial charge < -0.3 is 15.2 Å². The third kappa shape index (κ3) is 3.52. The maximum Gasteiger partial charge on any atom is 0.329 e. The summed E-state index contributed by atoms with van der Waals surface area (Å²) in [5.41, 5.74) is 0. The predicted octanol–water partition coefficient (Wildman–Crippen LogP) is -0.487. The van der Waals surface area contributed by atoms with Crippen molar-refractivity contribution in [1.29, 1.82) is 0 Å². The van der Waals surface area contributed by atoms with Gasteiger partial charge in [0.15, 0.2) is 0 Å². The molecule has 98 valence electrons. The number of carboxylic acid groups (broad SMARTS) is 1. The Morgan fingerprint density at radius 2 is 2.28 bits per heavy atom. The van der Waals surface area contributed by atoms with E-state index in [9.17, 15) is 9.59 Å². The first-order valence-corrected chi connectivity index (χ1v) is 5.67. The largest absolute Gasteiger partial charge is 0.480 e. The van der Waals surface area contributed by atoms with Gasteiger partial charge in [0.1, 0.15) is 12.4 Å². The number of H-pyrrole nitrogens is 1. The van der Waals surface area contributed by atoms with Gasteiger partial charge in [-0.2, -0.15) is 0 Å². The molecule has 1 amide bonds. The molecule has 1 aliphatic carbocycles. The van der Waals surface area contributed by atoms with E-state index in [1.54, 1.807) is 0 Å². The number of aromatic amines is 1. The summed E-state index contributed by atoms with van der Waals surface area (Å²) in [6, 6.07) is 0. The topological polar surface area (TPSA) is 117 Å². The quantitative estimate of drug-likeness (QED) is 0.565. The van der Waals surface area contributed by atoms with Gasteiger partial charge in [0.2, 0.25) is 5.82 Å². The minimum Gasteiger partial charge on any atom is -0.480 e. The first-order valence-electron chi connectivity index (χ1n) is 5.67. The molecule has 0 atom stereocenters. The lowest BCUT2D eigenvalue weighted by Crippen LogP contribution is -2.28. The molecule has 3 N–H and O–H groups in total. The van der Waals surface area contributed by atoms with Crippen molar-refractivity contribution >= 4 is 11.9 Å². The Balaban J connectivity index is 1.68. The van der Waals surface area contributed by atoms with Crippen molar-refractivity contribution in [2.24, 2.45) is 0 Å². The van der Waals surface area contributed by atoms with Crippen LogP contribution < -0.4 is 5.32 Å². The lowest BCUT2D eigenvalue weighted by Gasteiger charge is -2.02. The summed E-state index contributed by atoms with van der Waals surface area (Å²) in [7, 11) is 0. The Hall–Kier alpha value is -1.96. The highest BCUT2D eigenvalue weighted by Crippen LogP contribution is 2.37. The standard InChI is InChI=1S/C10H14N4O4/c15-7(16)5-18-4-3-11-10(17)9-12-8(13-14-9)6-1-2-6/h6H,1-5H2,(H,11,17)(H,15,16)(H,12,13,14). The summed E-state index contributed by atoms with van der Waals surface area (Å²) in [5, 5.41) is 17.4. The van der Waals surface area contributed by atoms with E-state index in [1.807, 2.05) is 0 Å². The number of aliphatic carboxylic acids is 1. The van der Waals surface area contributed by atoms with Crippen molar-refractivity contribution in [1.82, 2.24) is 20.5 Å². The van der Waals surface area contributed by atoms with Crippen LogP contribution in [0.25, 0.3) is 0 Å². The Labute approximate surface area is 103 Å². The normalized spacial score (nSPS) is 14.4. The second kappa shape index (κ2) is 5.58. The minimum absolute atomic E-state index is 0.107. The molecule has 0 saturated heterocycles. The van der Waals surface area contributed by atoms with Gasteiger partial charge in [-0.1, -0.05) is 0 Å². The summed E-state index contributed by atoms with van der Waals surface area (Å²) >= 11 is 0. The predicted molar refractivity (Wildman–Crippen MR) is 59.1 cm³/mol. The molecule has 1 fully saturated rings. The second-order valence-electron chi connectivity index (χ2n) is 4.02. The number of ether oxygens (including phenoxy) is 1. The van der Waals surface area contributed by atoms with Crippen molar-refractivity contribution in [3.05, 3.63) is 11.6 Å². The highest BCUT2D eigenvalue weighted by Gasteiger charge is 2.28. The fourth-order valence-corrected chi connectivity index (χ4v) is 1.39. The van der Waals surface area contributed by atoms with Gasteiger partial charge in [-0.15, -0.1) is 5.10 Å². The van der Waals surface area contributed by atoms with Crippen LogP contribution in [0.15, 0.2) is 0 Å². The molecule has 8 heteroatoms. The molecular formula is C10H14N4O4. The van der Waals surface area contributed by atoms with Crippen LogP contribution in [0.4, 0.5) is 0 Å². The average molecular weight is 254 g/mol. The molecule has 1 heterocycles. The van der Waals surface area contributed by atoms with E-state index < -0.39 is 11.9 Å². The number of nitrogens with zero attached hydrogens (tertiary/aromatic N) is 2. The van der Waals surface area contributed by atoms with E-state index in [-0.39, 0.29) is 25.6 Å². The van der Waals surface area contributed by atoms with E-state index in [0.29, 0.717) is 5.92 Å². The maximum absolute atomic E-state index is 11.6. The molecule has 0 unspecified atom stereocenters. The summed E-state index contributed by atoms with van der Waals surface area (Å²) < 4.78 is 4.77. The van der Waals surface area contributed by atoms with Gasteiger partial charge in [-0.3, -0.25) is 9.89 Å². The Morgan fingerprint density at radius 3 is 2.94 bits per heavy atom. The van der Waals surface area contributed by atoms with Crippen LogP contribution in [0, 0.1) is 0 Å². The molecule has 18 heavy (non-hydrogen) atoms. The number of hydrogen-bond donors (Lipinski definition) is 3. The maximum atomic E-state index is 11.6. The molecule has 0 aliphatic heterocycles. The molecule has 1 aromatic heterocycles. The number of nitrogens with one attached hydrogen (secondary N) is 2. The molecule has 0 bridgehead atoms. The van der Waals surface area contributed by atoms with Crippen LogP contribution >= 0.6 is 0 Å². The number of hydrogen-bond acceptors (Lipinski definition) is 5. The number of carbonyl (C=O) groups is 2. The van der Waals surface area contributed by atoms with Crippen LogP contribution in [0.2, 0.25) is 0 Å². The average Bonchev–Trinajstić information content (AvgIpc) is 3.06. The van der Waals surface area contributed by atoms with E-state index in [2.05, 4.69) is 20.5 Å². The third-order valence-corrected chi connectivity index (χ3v) is 2.43. The van der Waals surface area contributed by atoms with Crippen LogP contribution in [-0.2, 0) is 9.53 Å². The van der Waals surface area contributed by atoms with Gasteiger partial charge >= 0.3 is 5.97 Å². The smallest absolute Gasteiger partial charge is 0.329 e. The van der Waals surface area contributed by atoms with Crippen LogP contribution in [0.5, 0.6) is 0 Å². The summed E-state index contributed by atoms with van der Waals surface area (Å²) in [5.74, 6) is -0.156. The zero-order chi connectivity index (χ0) is 13.0. The fraction of sp³-hybridized carbons (Fsp3) is 0.600. The Bertz CT molecular complexity index is 441. The van der Waals surface area contributed by atoms with Gasteiger partial charge in [0.05, 0.1) is 6.61 Å². The zero-order valence-corrected chi connectivity index (χ0v) is 9.68. The zero-order valence-electron chi connectivity index (χ0n) is 9.68. The number of rotatable bonds is 7. The molecule has 1 aromatic rings. The highest BCUT2D eigenvalue weighted by atomic mass is 16.5. The van der Waals surface area contributed by atoms with Gasteiger partial charge in [0.25, 0.3) is 5.91 Å². The van der Waals surface area contributed by atoms with Crippen LogP contribution in [0.3, 0.4) is 0 Å². The second-order valence-corrected chi connectivity index (χ2v) is 4.02. The van der Waals surface area contributed by atoms with Crippen molar-refractivity contribution in [3.63, 3.8) is 0 Å². The number of carboxylic acids is 1. The monoisotopic (exact) mass is 254 g/mol. The van der Waals surface area contributed by atoms with Crippen molar-refractivity contribution in [3.8, 4) is 0 Å². The van der Waals surface area contributed by atoms with Gasteiger partial charge in [0, 0.05) is 12.5 Å². The Morgan fingerprint density at radius 1 is 1.50 bits per heavy atom. The minimum atomic E-state index is -1.04. The molecule has 2 rings (SSSR count). The molecular weight excluding hydrogens is 240 g/mol. The SMILES string of the molecule is O=C(O)COCCNC(=O)c1n[nH]c(C2CC2)n1. The van der Waals surface area contributed by atoms with Gasteiger partial charge in [-0.25, -0.2) is 9.78 Å².